The van der Waals surface area contributed by atoms with Crippen LogP contribution in [0.3, 0.4) is 0 Å². The van der Waals surface area contributed by atoms with Crippen molar-refractivity contribution in [2.75, 3.05) is 4.90 Å². The van der Waals surface area contributed by atoms with E-state index in [4.69, 9.17) is 4.74 Å². The van der Waals surface area contributed by atoms with E-state index in [9.17, 15) is 14.4 Å². The van der Waals surface area contributed by atoms with E-state index in [2.05, 4.69) is 36.4 Å². The maximum Gasteiger partial charge on any atom is 0.338 e. The lowest BCUT2D eigenvalue weighted by Gasteiger charge is -2.22. The SMILES string of the molecule is CC(C)OC(=O)c1cccc(N2C(=O)[C@@H]3[C@H](C2=O)[C@H]2C=C[C@H]3C2=C(c2ccccc2)c2ccccc2)c1. The number of allylic oxidation sites excluding steroid dienone is 3. The number of carbonyl (C=O) groups excluding carboxylic acids is 3. The summed E-state index contributed by atoms with van der Waals surface area (Å²) in [5.74, 6) is -2.10. The van der Waals surface area contributed by atoms with E-state index in [0.29, 0.717) is 11.3 Å². The largest absolute Gasteiger partial charge is 0.459 e. The molecule has 0 unspecified atom stereocenters. The first-order chi connectivity index (χ1) is 18.0. The number of amides is 2. The Balaban J connectivity index is 1.40. The fraction of sp³-hybridized carbons (Fsp3) is 0.219. The molecule has 3 aromatic carbocycles. The molecule has 2 fully saturated rings. The molecular weight excluding hydrogens is 462 g/mol. The van der Waals surface area contributed by atoms with Crippen LogP contribution < -0.4 is 4.90 Å². The number of hydrogen-bond donors (Lipinski definition) is 0. The standard InChI is InChI=1S/C32H27NO4/c1-19(2)37-32(36)22-14-9-15-23(18-22)33-30(34)28-24-16-17-25(29(28)31(33)35)27(24)26(20-10-5-3-6-11-20)21-12-7-4-8-13-21/h3-19,24-25,28-29H,1-2H3/t24-,25-,28-,29+/m0/s1. The zero-order valence-electron chi connectivity index (χ0n) is 20.7. The number of imide groups is 1. The fourth-order valence-corrected chi connectivity index (χ4v) is 6.11. The van der Waals surface area contributed by atoms with Gasteiger partial charge >= 0.3 is 5.97 Å². The number of esters is 1. The van der Waals surface area contributed by atoms with Crippen molar-refractivity contribution in [3.05, 3.63) is 119 Å². The van der Waals surface area contributed by atoms with Crippen LogP contribution in [0.4, 0.5) is 5.69 Å². The highest BCUT2D eigenvalue weighted by atomic mass is 16.5. The van der Waals surface area contributed by atoms with Crippen molar-refractivity contribution in [2.45, 2.75) is 20.0 Å². The van der Waals surface area contributed by atoms with Gasteiger partial charge < -0.3 is 4.74 Å². The van der Waals surface area contributed by atoms with Crippen LogP contribution in [0.25, 0.3) is 5.57 Å². The van der Waals surface area contributed by atoms with Crippen LogP contribution in [0.1, 0.15) is 35.3 Å². The lowest BCUT2D eigenvalue weighted by molar-refractivity contribution is -0.122. The summed E-state index contributed by atoms with van der Waals surface area (Å²) in [5, 5.41) is 0. The predicted octanol–water partition coefficient (Wildman–Crippen LogP) is 5.68. The zero-order chi connectivity index (χ0) is 25.7. The molecule has 3 aliphatic rings. The second-order valence-electron chi connectivity index (χ2n) is 10.1. The van der Waals surface area contributed by atoms with E-state index in [1.165, 1.54) is 4.90 Å². The molecule has 2 aliphatic carbocycles. The number of hydrogen-bond acceptors (Lipinski definition) is 4. The molecular formula is C32H27NO4. The Kier molecular flexibility index (Phi) is 5.64. The Morgan fingerprint density at radius 2 is 1.24 bits per heavy atom. The summed E-state index contributed by atoms with van der Waals surface area (Å²) >= 11 is 0. The van der Waals surface area contributed by atoms with Crippen LogP contribution in [-0.4, -0.2) is 23.9 Å². The number of fused-ring (bicyclic) bond motifs is 5. The van der Waals surface area contributed by atoms with Crippen LogP contribution in [-0.2, 0) is 14.3 Å². The highest BCUT2D eigenvalue weighted by Gasteiger charge is 2.62. The third-order valence-electron chi connectivity index (χ3n) is 7.51. The Bertz CT molecular complexity index is 1380. The molecule has 1 heterocycles. The molecule has 6 rings (SSSR count). The Hall–Kier alpha value is -4.25. The fourth-order valence-electron chi connectivity index (χ4n) is 6.11. The van der Waals surface area contributed by atoms with Crippen molar-refractivity contribution >= 4 is 29.0 Å². The first kappa shape index (κ1) is 23.2. The number of anilines is 1. The van der Waals surface area contributed by atoms with Gasteiger partial charge in [0.05, 0.1) is 29.2 Å². The van der Waals surface area contributed by atoms with E-state index in [1.54, 1.807) is 38.1 Å². The maximum absolute atomic E-state index is 13.8. The van der Waals surface area contributed by atoms with E-state index >= 15 is 0 Å². The molecule has 0 spiro atoms. The van der Waals surface area contributed by atoms with Crippen LogP contribution in [0.2, 0.25) is 0 Å². The van der Waals surface area contributed by atoms with Crippen molar-refractivity contribution in [3.63, 3.8) is 0 Å². The molecule has 37 heavy (non-hydrogen) atoms. The molecule has 2 bridgehead atoms. The van der Waals surface area contributed by atoms with Gasteiger partial charge in [-0.1, -0.05) is 78.9 Å². The minimum Gasteiger partial charge on any atom is -0.459 e. The molecule has 0 radical (unpaired) electrons. The summed E-state index contributed by atoms with van der Waals surface area (Å²) in [4.78, 5) is 41.4. The predicted molar refractivity (Wildman–Crippen MR) is 141 cm³/mol. The molecule has 1 saturated carbocycles. The zero-order valence-corrected chi connectivity index (χ0v) is 20.7. The van der Waals surface area contributed by atoms with Gasteiger partial charge in [-0.05, 0) is 54.3 Å². The van der Waals surface area contributed by atoms with Crippen LogP contribution in [0.5, 0.6) is 0 Å². The quantitative estimate of drug-likeness (QED) is 0.263. The van der Waals surface area contributed by atoms with Gasteiger partial charge in [0.15, 0.2) is 0 Å². The highest BCUT2D eigenvalue weighted by Crippen LogP contribution is 2.58. The van der Waals surface area contributed by atoms with Gasteiger partial charge in [-0.25, -0.2) is 9.69 Å². The average Bonchev–Trinajstić information content (AvgIpc) is 3.54. The van der Waals surface area contributed by atoms with Crippen LogP contribution in [0.15, 0.2) is 103 Å². The molecule has 4 atom stereocenters. The van der Waals surface area contributed by atoms with Gasteiger partial charge in [0.2, 0.25) is 11.8 Å². The first-order valence-corrected chi connectivity index (χ1v) is 12.7. The summed E-state index contributed by atoms with van der Waals surface area (Å²) in [5.41, 5.74) is 5.13. The number of nitrogens with zero attached hydrogens (tertiary/aromatic N) is 1. The Morgan fingerprint density at radius 3 is 1.76 bits per heavy atom. The third kappa shape index (κ3) is 3.73. The number of rotatable bonds is 5. The molecule has 1 aliphatic heterocycles. The first-order valence-electron chi connectivity index (χ1n) is 12.7. The summed E-state index contributed by atoms with van der Waals surface area (Å²) in [6.07, 6.45) is 3.93. The van der Waals surface area contributed by atoms with Crippen molar-refractivity contribution in [1.29, 1.82) is 0 Å². The smallest absolute Gasteiger partial charge is 0.338 e. The molecule has 2 amide bonds. The minimum absolute atomic E-state index is 0.152. The Labute approximate surface area is 216 Å². The van der Waals surface area contributed by atoms with Gasteiger partial charge in [0.25, 0.3) is 0 Å². The Morgan fingerprint density at radius 1 is 0.730 bits per heavy atom. The van der Waals surface area contributed by atoms with Crippen LogP contribution >= 0.6 is 0 Å². The lowest BCUT2D eigenvalue weighted by Crippen LogP contribution is -2.33. The van der Waals surface area contributed by atoms with E-state index in [1.807, 2.05) is 36.4 Å². The highest BCUT2D eigenvalue weighted by molar-refractivity contribution is 6.23. The molecule has 5 heteroatoms. The van der Waals surface area contributed by atoms with E-state index < -0.39 is 17.8 Å². The normalized spacial score (nSPS) is 23.6. The summed E-state index contributed by atoms with van der Waals surface area (Å²) in [6.45, 7) is 3.56. The third-order valence-corrected chi connectivity index (χ3v) is 7.51. The molecule has 0 N–H and O–H groups in total. The lowest BCUT2D eigenvalue weighted by atomic mass is 9.85. The summed E-state index contributed by atoms with van der Waals surface area (Å²) < 4.78 is 5.31. The van der Waals surface area contributed by atoms with Gasteiger partial charge in [0, 0.05) is 11.8 Å². The van der Waals surface area contributed by atoms with Gasteiger partial charge in [-0.2, -0.15) is 0 Å². The van der Waals surface area contributed by atoms with Gasteiger partial charge in [-0.15, -0.1) is 0 Å². The van der Waals surface area contributed by atoms with Gasteiger partial charge in [0.1, 0.15) is 0 Å². The average molecular weight is 490 g/mol. The maximum atomic E-state index is 13.8. The molecule has 5 nitrogen and oxygen atoms in total. The molecule has 1 saturated heterocycles. The van der Waals surface area contributed by atoms with Crippen LogP contribution in [0, 0.1) is 23.7 Å². The summed E-state index contributed by atoms with van der Waals surface area (Å²) in [7, 11) is 0. The number of carbonyl (C=O) groups is 3. The second-order valence-corrected chi connectivity index (χ2v) is 10.1. The van der Waals surface area contributed by atoms with Gasteiger partial charge in [-0.3, -0.25) is 9.59 Å². The molecule has 184 valence electrons. The second kappa shape index (κ2) is 9.00. The van der Waals surface area contributed by atoms with Crippen molar-refractivity contribution in [3.8, 4) is 0 Å². The van der Waals surface area contributed by atoms with E-state index in [0.717, 1.165) is 22.3 Å². The summed E-state index contributed by atoms with van der Waals surface area (Å²) in [6, 6.07) is 27.0. The topological polar surface area (TPSA) is 63.7 Å². The number of ether oxygens (including phenoxy) is 1. The van der Waals surface area contributed by atoms with Crippen molar-refractivity contribution in [2.24, 2.45) is 23.7 Å². The van der Waals surface area contributed by atoms with Crippen molar-refractivity contribution < 1.29 is 19.1 Å². The van der Waals surface area contributed by atoms with E-state index in [-0.39, 0.29) is 29.8 Å². The number of benzene rings is 3. The molecule has 3 aromatic rings. The van der Waals surface area contributed by atoms with Crippen molar-refractivity contribution in [1.82, 2.24) is 0 Å². The molecule has 0 aromatic heterocycles. The minimum atomic E-state index is -0.474. The monoisotopic (exact) mass is 489 g/mol.